The van der Waals surface area contributed by atoms with Gasteiger partial charge < -0.3 is 10.1 Å². The third-order valence-corrected chi connectivity index (χ3v) is 4.01. The lowest BCUT2D eigenvalue weighted by molar-refractivity contribution is 0.459. The maximum Gasteiger partial charge on any atom is 0.132 e. The van der Waals surface area contributed by atoms with Gasteiger partial charge in [0.15, 0.2) is 0 Å². The summed E-state index contributed by atoms with van der Waals surface area (Å²) >= 11 is 3.54. The topological polar surface area (TPSA) is 21.3 Å². The highest BCUT2D eigenvalue weighted by Gasteiger charge is 2.13. The Balaban J connectivity index is 2.37. The van der Waals surface area contributed by atoms with Gasteiger partial charge in [-0.1, -0.05) is 35.0 Å². The van der Waals surface area contributed by atoms with Crippen molar-refractivity contribution in [1.29, 1.82) is 0 Å². The van der Waals surface area contributed by atoms with E-state index in [1.54, 1.807) is 0 Å². The summed E-state index contributed by atoms with van der Waals surface area (Å²) in [4.78, 5) is 0. The fourth-order valence-electron chi connectivity index (χ4n) is 2.30. The number of rotatable bonds is 5. The van der Waals surface area contributed by atoms with Crippen molar-refractivity contribution in [2.24, 2.45) is 0 Å². The van der Waals surface area contributed by atoms with Crippen LogP contribution in [0.25, 0.3) is 0 Å². The molecule has 2 aromatic carbocycles. The molecule has 1 unspecified atom stereocenters. The van der Waals surface area contributed by atoms with Crippen molar-refractivity contribution in [2.75, 3.05) is 6.54 Å². The number of halogens is 1. The number of benzene rings is 2. The summed E-state index contributed by atoms with van der Waals surface area (Å²) in [5.74, 6) is 1.82. The van der Waals surface area contributed by atoms with Crippen LogP contribution in [-0.4, -0.2) is 6.54 Å². The first-order valence-electron chi connectivity index (χ1n) is 7.29. The predicted molar refractivity (Wildman–Crippen MR) is 92.2 cm³/mol. The lowest BCUT2D eigenvalue weighted by atomic mass is 10.1. The Morgan fingerprint density at radius 2 is 1.86 bits per heavy atom. The van der Waals surface area contributed by atoms with E-state index in [1.807, 2.05) is 12.1 Å². The summed E-state index contributed by atoms with van der Waals surface area (Å²) in [5, 5.41) is 3.44. The van der Waals surface area contributed by atoms with Crippen LogP contribution in [0.15, 0.2) is 40.9 Å². The highest BCUT2D eigenvalue weighted by atomic mass is 79.9. The molecule has 1 atom stereocenters. The first kappa shape index (κ1) is 16.1. The highest BCUT2D eigenvalue weighted by Crippen LogP contribution is 2.33. The van der Waals surface area contributed by atoms with E-state index in [9.17, 15) is 0 Å². The average molecular weight is 348 g/mol. The lowest BCUT2D eigenvalue weighted by Gasteiger charge is -2.19. The molecule has 0 aliphatic heterocycles. The Labute approximate surface area is 135 Å². The second kappa shape index (κ2) is 7.10. The van der Waals surface area contributed by atoms with E-state index >= 15 is 0 Å². The van der Waals surface area contributed by atoms with E-state index in [0.29, 0.717) is 0 Å². The Hall–Kier alpha value is -1.32. The molecule has 0 aliphatic rings. The summed E-state index contributed by atoms with van der Waals surface area (Å²) in [6, 6.07) is 12.7. The highest BCUT2D eigenvalue weighted by molar-refractivity contribution is 9.10. The van der Waals surface area contributed by atoms with Gasteiger partial charge in [-0.15, -0.1) is 0 Å². The van der Waals surface area contributed by atoms with Gasteiger partial charge in [-0.3, -0.25) is 0 Å². The fourth-order valence-corrected chi connectivity index (χ4v) is 2.68. The SMILES string of the molecule is CCNC(C)c1cc(Br)ccc1Oc1cc(C)ccc1C. The second-order valence-corrected chi connectivity index (χ2v) is 6.25. The number of nitrogens with one attached hydrogen (secondary N) is 1. The summed E-state index contributed by atoms with van der Waals surface area (Å²) in [6.45, 7) is 9.34. The van der Waals surface area contributed by atoms with Crippen LogP contribution in [0.1, 0.15) is 36.6 Å². The molecule has 2 nitrogen and oxygen atoms in total. The van der Waals surface area contributed by atoms with Gasteiger partial charge in [0.1, 0.15) is 11.5 Å². The smallest absolute Gasteiger partial charge is 0.132 e. The van der Waals surface area contributed by atoms with Crippen LogP contribution in [0.2, 0.25) is 0 Å². The van der Waals surface area contributed by atoms with Crippen molar-refractivity contribution in [3.05, 3.63) is 57.6 Å². The van der Waals surface area contributed by atoms with Crippen LogP contribution in [0.5, 0.6) is 11.5 Å². The van der Waals surface area contributed by atoms with Crippen LogP contribution in [-0.2, 0) is 0 Å². The molecule has 112 valence electrons. The lowest BCUT2D eigenvalue weighted by Crippen LogP contribution is -2.18. The van der Waals surface area contributed by atoms with Crippen LogP contribution in [0.3, 0.4) is 0 Å². The third-order valence-electron chi connectivity index (χ3n) is 3.51. The average Bonchev–Trinajstić information content (AvgIpc) is 2.45. The van der Waals surface area contributed by atoms with E-state index in [-0.39, 0.29) is 6.04 Å². The van der Waals surface area contributed by atoms with Crippen LogP contribution in [0.4, 0.5) is 0 Å². The van der Waals surface area contributed by atoms with Crippen molar-refractivity contribution in [3.63, 3.8) is 0 Å². The summed E-state index contributed by atoms with van der Waals surface area (Å²) in [7, 11) is 0. The molecule has 1 N–H and O–H groups in total. The maximum atomic E-state index is 6.18. The first-order chi connectivity index (χ1) is 10.0. The zero-order chi connectivity index (χ0) is 15.4. The normalized spacial score (nSPS) is 12.2. The van der Waals surface area contributed by atoms with Crippen LogP contribution < -0.4 is 10.1 Å². The van der Waals surface area contributed by atoms with E-state index in [2.05, 4.69) is 73.2 Å². The van der Waals surface area contributed by atoms with Crippen molar-refractivity contribution >= 4 is 15.9 Å². The molecule has 0 heterocycles. The minimum absolute atomic E-state index is 0.243. The number of hydrogen-bond donors (Lipinski definition) is 1. The molecular formula is C18H22BrNO. The monoisotopic (exact) mass is 347 g/mol. The quantitative estimate of drug-likeness (QED) is 0.767. The van der Waals surface area contributed by atoms with Crippen LogP contribution >= 0.6 is 15.9 Å². The molecule has 0 aromatic heterocycles. The van der Waals surface area contributed by atoms with Gasteiger partial charge in [0.25, 0.3) is 0 Å². The largest absolute Gasteiger partial charge is 0.457 e. The van der Waals surface area contributed by atoms with Gasteiger partial charge in [0.2, 0.25) is 0 Å². The van der Waals surface area contributed by atoms with Crippen molar-refractivity contribution in [1.82, 2.24) is 5.32 Å². The Morgan fingerprint density at radius 1 is 1.10 bits per heavy atom. The molecule has 0 amide bonds. The third kappa shape index (κ3) is 4.08. The zero-order valence-electron chi connectivity index (χ0n) is 13.0. The maximum absolute atomic E-state index is 6.18. The zero-order valence-corrected chi connectivity index (χ0v) is 14.6. The molecule has 2 aromatic rings. The Morgan fingerprint density at radius 3 is 2.57 bits per heavy atom. The van der Waals surface area contributed by atoms with E-state index < -0.39 is 0 Å². The van der Waals surface area contributed by atoms with E-state index in [4.69, 9.17) is 4.74 Å². The van der Waals surface area contributed by atoms with Crippen LogP contribution in [0, 0.1) is 13.8 Å². The van der Waals surface area contributed by atoms with Gasteiger partial charge in [0.05, 0.1) is 0 Å². The minimum Gasteiger partial charge on any atom is -0.457 e. The summed E-state index contributed by atoms with van der Waals surface area (Å²) in [6.07, 6.45) is 0. The predicted octanol–water partition coefficient (Wildman–Crippen LogP) is 5.53. The number of aryl methyl sites for hydroxylation is 2. The first-order valence-corrected chi connectivity index (χ1v) is 8.08. The molecule has 0 saturated carbocycles. The van der Waals surface area contributed by atoms with Gasteiger partial charge >= 0.3 is 0 Å². The van der Waals surface area contributed by atoms with Crippen molar-refractivity contribution in [3.8, 4) is 11.5 Å². The molecular weight excluding hydrogens is 326 g/mol. The van der Waals surface area contributed by atoms with Gasteiger partial charge in [-0.05, 0) is 62.7 Å². The second-order valence-electron chi connectivity index (χ2n) is 5.33. The number of hydrogen-bond acceptors (Lipinski definition) is 2. The number of ether oxygens (including phenoxy) is 1. The fraction of sp³-hybridized carbons (Fsp3) is 0.333. The Bertz CT molecular complexity index is 625. The summed E-state index contributed by atoms with van der Waals surface area (Å²) in [5.41, 5.74) is 3.51. The minimum atomic E-state index is 0.243. The Kier molecular flexibility index (Phi) is 5.43. The molecule has 0 fully saturated rings. The van der Waals surface area contributed by atoms with E-state index in [1.165, 1.54) is 5.56 Å². The summed E-state index contributed by atoms with van der Waals surface area (Å²) < 4.78 is 7.25. The molecule has 3 heteroatoms. The van der Waals surface area contributed by atoms with Crippen molar-refractivity contribution < 1.29 is 4.74 Å². The molecule has 2 rings (SSSR count). The molecule has 0 spiro atoms. The van der Waals surface area contributed by atoms with Crippen molar-refractivity contribution in [2.45, 2.75) is 33.7 Å². The van der Waals surface area contributed by atoms with Gasteiger partial charge in [-0.25, -0.2) is 0 Å². The molecule has 0 bridgehead atoms. The molecule has 0 radical (unpaired) electrons. The molecule has 0 saturated heterocycles. The molecule has 21 heavy (non-hydrogen) atoms. The van der Waals surface area contributed by atoms with Gasteiger partial charge in [-0.2, -0.15) is 0 Å². The standard InChI is InChI=1S/C18H22BrNO/c1-5-20-14(4)16-11-15(19)8-9-17(16)21-18-10-12(2)6-7-13(18)3/h6-11,14,20H,5H2,1-4H3. The molecule has 0 aliphatic carbocycles. The van der Waals surface area contributed by atoms with E-state index in [0.717, 1.165) is 33.6 Å². The van der Waals surface area contributed by atoms with Gasteiger partial charge in [0, 0.05) is 16.1 Å².